The van der Waals surface area contributed by atoms with Crippen LogP contribution < -0.4 is 10.6 Å². The molecule has 21 heavy (non-hydrogen) atoms. The van der Waals surface area contributed by atoms with Crippen LogP contribution in [0.4, 0.5) is 4.79 Å². The molecule has 2 rings (SSSR count). The van der Waals surface area contributed by atoms with Crippen molar-refractivity contribution < 1.29 is 14.6 Å². The fourth-order valence-electron chi connectivity index (χ4n) is 2.00. The molecule has 6 nitrogen and oxygen atoms in total. The second-order valence-electron chi connectivity index (χ2n) is 6.39. The van der Waals surface area contributed by atoms with E-state index in [1.165, 1.54) is 0 Å². The standard InChI is InChI=1S/C15H23N3O3/c1-9-5-6-13(19)12(17-9)8-16-10-7-11(10)18-14(20)21-15(2,3)4/h5-6,10-11,16,19H,7-8H2,1-4H3,(H,18,20). The Kier molecular flexibility index (Phi) is 4.37. The zero-order valence-electron chi connectivity index (χ0n) is 12.9. The van der Waals surface area contributed by atoms with Gasteiger partial charge in [-0.3, -0.25) is 4.98 Å². The van der Waals surface area contributed by atoms with E-state index in [-0.39, 0.29) is 17.8 Å². The van der Waals surface area contributed by atoms with Crippen molar-refractivity contribution in [3.8, 4) is 5.75 Å². The van der Waals surface area contributed by atoms with Crippen molar-refractivity contribution in [2.75, 3.05) is 0 Å². The van der Waals surface area contributed by atoms with Gasteiger partial charge in [0.15, 0.2) is 0 Å². The molecule has 3 N–H and O–H groups in total. The van der Waals surface area contributed by atoms with Crippen LogP contribution in [0.1, 0.15) is 38.6 Å². The molecule has 1 fully saturated rings. The van der Waals surface area contributed by atoms with Crippen LogP contribution in [0.25, 0.3) is 0 Å². The molecule has 2 unspecified atom stereocenters. The van der Waals surface area contributed by atoms with Crippen molar-refractivity contribution in [1.29, 1.82) is 0 Å². The Bertz CT molecular complexity index is 525. The molecule has 1 aromatic heterocycles. The summed E-state index contributed by atoms with van der Waals surface area (Å²) in [7, 11) is 0. The van der Waals surface area contributed by atoms with E-state index in [1.54, 1.807) is 12.1 Å². The van der Waals surface area contributed by atoms with Gasteiger partial charge in [-0.1, -0.05) is 0 Å². The summed E-state index contributed by atoms with van der Waals surface area (Å²) in [6.45, 7) is 7.86. The van der Waals surface area contributed by atoms with E-state index in [9.17, 15) is 9.90 Å². The molecule has 6 heteroatoms. The molecule has 1 saturated carbocycles. The van der Waals surface area contributed by atoms with Crippen LogP contribution in [0.15, 0.2) is 12.1 Å². The number of nitrogens with one attached hydrogen (secondary N) is 2. The molecule has 1 heterocycles. The number of rotatable bonds is 4. The largest absolute Gasteiger partial charge is 0.506 e. The Balaban J connectivity index is 1.75. The minimum Gasteiger partial charge on any atom is -0.506 e. The Morgan fingerprint density at radius 1 is 1.43 bits per heavy atom. The summed E-state index contributed by atoms with van der Waals surface area (Å²) in [5, 5.41) is 15.8. The minimum atomic E-state index is -0.487. The van der Waals surface area contributed by atoms with Crippen LogP contribution in [-0.2, 0) is 11.3 Å². The van der Waals surface area contributed by atoms with Gasteiger partial charge in [0, 0.05) is 24.3 Å². The molecule has 0 aliphatic heterocycles. The van der Waals surface area contributed by atoms with E-state index in [2.05, 4.69) is 15.6 Å². The highest BCUT2D eigenvalue weighted by atomic mass is 16.6. The fraction of sp³-hybridized carbons (Fsp3) is 0.600. The highest BCUT2D eigenvalue weighted by molar-refractivity contribution is 5.68. The molecule has 116 valence electrons. The van der Waals surface area contributed by atoms with Gasteiger partial charge in [0.25, 0.3) is 0 Å². The first-order valence-electron chi connectivity index (χ1n) is 7.13. The third-order valence-corrected chi connectivity index (χ3v) is 3.11. The van der Waals surface area contributed by atoms with E-state index in [0.29, 0.717) is 12.2 Å². The van der Waals surface area contributed by atoms with Gasteiger partial charge in [-0.25, -0.2) is 4.79 Å². The Morgan fingerprint density at radius 3 is 2.81 bits per heavy atom. The van der Waals surface area contributed by atoms with E-state index >= 15 is 0 Å². The van der Waals surface area contributed by atoms with Crippen LogP contribution >= 0.6 is 0 Å². The van der Waals surface area contributed by atoms with Gasteiger partial charge in [-0.15, -0.1) is 0 Å². The van der Waals surface area contributed by atoms with Crippen LogP contribution in [-0.4, -0.2) is 33.9 Å². The number of hydrogen-bond acceptors (Lipinski definition) is 5. The number of aromatic hydroxyl groups is 1. The lowest BCUT2D eigenvalue weighted by atomic mass is 10.2. The number of alkyl carbamates (subject to hydrolysis) is 1. The number of aromatic nitrogens is 1. The molecule has 0 spiro atoms. The quantitative estimate of drug-likeness (QED) is 0.789. The molecule has 1 amide bonds. The highest BCUT2D eigenvalue weighted by Crippen LogP contribution is 2.23. The van der Waals surface area contributed by atoms with Gasteiger partial charge in [0.05, 0.1) is 5.69 Å². The van der Waals surface area contributed by atoms with Gasteiger partial charge in [-0.2, -0.15) is 0 Å². The Hall–Kier alpha value is -1.82. The summed E-state index contributed by atoms with van der Waals surface area (Å²) >= 11 is 0. The molecule has 0 bridgehead atoms. The van der Waals surface area contributed by atoms with Crippen molar-refractivity contribution in [2.24, 2.45) is 0 Å². The molecule has 1 aliphatic carbocycles. The van der Waals surface area contributed by atoms with E-state index in [1.807, 2.05) is 27.7 Å². The number of amides is 1. The molecule has 1 aromatic rings. The lowest BCUT2D eigenvalue weighted by Crippen LogP contribution is -2.36. The van der Waals surface area contributed by atoms with Crippen molar-refractivity contribution >= 4 is 6.09 Å². The predicted octanol–water partition coefficient (Wildman–Crippen LogP) is 1.85. The van der Waals surface area contributed by atoms with Crippen molar-refractivity contribution in [3.63, 3.8) is 0 Å². The lowest BCUT2D eigenvalue weighted by Gasteiger charge is -2.19. The fourth-order valence-corrected chi connectivity index (χ4v) is 2.00. The molecule has 2 atom stereocenters. The molecular formula is C15H23N3O3. The Labute approximate surface area is 124 Å². The number of carbonyl (C=O) groups is 1. The summed E-state index contributed by atoms with van der Waals surface area (Å²) in [5.74, 6) is 0.186. The Morgan fingerprint density at radius 2 is 2.14 bits per heavy atom. The van der Waals surface area contributed by atoms with E-state index in [4.69, 9.17) is 4.74 Å². The lowest BCUT2D eigenvalue weighted by molar-refractivity contribution is 0.0522. The van der Waals surface area contributed by atoms with Crippen LogP contribution in [0.2, 0.25) is 0 Å². The van der Waals surface area contributed by atoms with Gasteiger partial charge >= 0.3 is 6.09 Å². The third-order valence-electron chi connectivity index (χ3n) is 3.11. The maximum Gasteiger partial charge on any atom is 0.407 e. The second kappa shape index (κ2) is 5.89. The van der Waals surface area contributed by atoms with Gasteiger partial charge < -0.3 is 20.5 Å². The number of hydrogen-bond donors (Lipinski definition) is 3. The van der Waals surface area contributed by atoms with Crippen molar-refractivity contribution in [1.82, 2.24) is 15.6 Å². The normalized spacial score (nSPS) is 21.0. The van der Waals surface area contributed by atoms with Crippen LogP contribution in [0, 0.1) is 6.92 Å². The first-order valence-corrected chi connectivity index (χ1v) is 7.13. The summed E-state index contributed by atoms with van der Waals surface area (Å²) in [6, 6.07) is 3.68. The van der Waals surface area contributed by atoms with Crippen LogP contribution in [0.5, 0.6) is 5.75 Å². The number of pyridine rings is 1. The number of carbonyl (C=O) groups excluding carboxylic acids is 1. The first kappa shape index (κ1) is 15.6. The van der Waals surface area contributed by atoms with Crippen LogP contribution in [0.3, 0.4) is 0 Å². The van der Waals surface area contributed by atoms with Gasteiger partial charge in [0.1, 0.15) is 11.4 Å². The van der Waals surface area contributed by atoms with E-state index < -0.39 is 11.7 Å². The van der Waals surface area contributed by atoms with Crippen molar-refractivity contribution in [2.45, 2.75) is 58.3 Å². The maximum atomic E-state index is 11.6. The van der Waals surface area contributed by atoms with Crippen molar-refractivity contribution in [3.05, 3.63) is 23.5 Å². The maximum absolute atomic E-state index is 11.6. The topological polar surface area (TPSA) is 83.5 Å². The second-order valence-corrected chi connectivity index (χ2v) is 6.39. The average molecular weight is 293 g/mol. The highest BCUT2D eigenvalue weighted by Gasteiger charge is 2.39. The summed E-state index contributed by atoms with van der Waals surface area (Å²) in [4.78, 5) is 15.9. The van der Waals surface area contributed by atoms with Gasteiger partial charge in [0.2, 0.25) is 0 Å². The molecule has 1 aliphatic rings. The summed E-state index contributed by atoms with van der Waals surface area (Å²) in [5.41, 5.74) is 1.00. The zero-order valence-corrected chi connectivity index (χ0v) is 12.9. The smallest absolute Gasteiger partial charge is 0.407 e. The number of ether oxygens (including phenoxy) is 1. The monoisotopic (exact) mass is 293 g/mol. The average Bonchev–Trinajstić information content (AvgIpc) is 3.06. The molecule has 0 saturated heterocycles. The number of aryl methyl sites for hydroxylation is 1. The van der Waals surface area contributed by atoms with Gasteiger partial charge in [-0.05, 0) is 46.2 Å². The molecular weight excluding hydrogens is 270 g/mol. The zero-order chi connectivity index (χ0) is 15.6. The van der Waals surface area contributed by atoms with E-state index in [0.717, 1.165) is 12.1 Å². The molecule has 0 radical (unpaired) electrons. The summed E-state index contributed by atoms with van der Waals surface area (Å²) in [6.07, 6.45) is 0.458. The SMILES string of the molecule is Cc1ccc(O)c(CNC2CC2NC(=O)OC(C)(C)C)n1. The molecule has 0 aromatic carbocycles. The third kappa shape index (κ3) is 4.90. The first-order chi connectivity index (χ1) is 9.74. The minimum absolute atomic E-state index is 0.0757. The summed E-state index contributed by atoms with van der Waals surface area (Å²) < 4.78 is 5.20. The predicted molar refractivity (Wildman–Crippen MR) is 79.0 cm³/mol. The number of nitrogens with zero attached hydrogens (tertiary/aromatic N) is 1.